The molecule has 2 heterocycles. The van der Waals surface area contributed by atoms with Gasteiger partial charge in [0.15, 0.2) is 0 Å². The van der Waals surface area contributed by atoms with E-state index in [0.717, 1.165) is 48.2 Å². The Morgan fingerprint density at radius 1 is 1.50 bits per heavy atom. The molecule has 22 heavy (non-hydrogen) atoms. The number of halogens is 1. The van der Waals surface area contributed by atoms with E-state index in [1.54, 1.807) is 0 Å². The molecule has 1 fully saturated rings. The number of ether oxygens (including phenoxy) is 1. The lowest BCUT2D eigenvalue weighted by Crippen LogP contribution is -2.33. The molecule has 1 atom stereocenters. The number of rotatable bonds is 4. The van der Waals surface area contributed by atoms with Crippen molar-refractivity contribution in [3.8, 4) is 0 Å². The van der Waals surface area contributed by atoms with Crippen LogP contribution in [-0.2, 0) is 11.3 Å². The molecule has 5 heteroatoms. The highest BCUT2D eigenvalue weighted by Gasteiger charge is 2.22. The van der Waals surface area contributed by atoms with Crippen molar-refractivity contribution >= 4 is 28.4 Å². The van der Waals surface area contributed by atoms with E-state index in [1.165, 1.54) is 0 Å². The molecule has 3 rings (SSSR count). The van der Waals surface area contributed by atoms with Crippen LogP contribution < -0.4 is 5.32 Å². The van der Waals surface area contributed by atoms with Gasteiger partial charge in [-0.15, -0.1) is 0 Å². The van der Waals surface area contributed by atoms with E-state index in [0.29, 0.717) is 11.6 Å². The Hall–Kier alpha value is -1.52. The number of benzene rings is 1. The fourth-order valence-corrected chi connectivity index (χ4v) is 3.38. The third kappa shape index (κ3) is 2.73. The van der Waals surface area contributed by atoms with Crippen molar-refractivity contribution < 1.29 is 9.53 Å². The SMILES string of the molecule is CCn1c(C(=O)NCC2CCCO2)c(C)c2cc(Cl)ccc21. The second-order valence-corrected chi connectivity index (χ2v) is 6.16. The highest BCUT2D eigenvalue weighted by atomic mass is 35.5. The molecule has 118 valence electrons. The van der Waals surface area contributed by atoms with Crippen molar-refractivity contribution in [2.75, 3.05) is 13.2 Å². The van der Waals surface area contributed by atoms with Gasteiger partial charge in [0.2, 0.25) is 0 Å². The van der Waals surface area contributed by atoms with Crippen LogP contribution in [0.5, 0.6) is 0 Å². The highest BCUT2D eigenvalue weighted by molar-refractivity contribution is 6.31. The van der Waals surface area contributed by atoms with Gasteiger partial charge in [-0.2, -0.15) is 0 Å². The summed E-state index contributed by atoms with van der Waals surface area (Å²) < 4.78 is 7.61. The van der Waals surface area contributed by atoms with Gasteiger partial charge in [0.05, 0.1) is 6.10 Å². The molecule has 0 saturated carbocycles. The van der Waals surface area contributed by atoms with E-state index in [-0.39, 0.29) is 12.0 Å². The number of hydrogen-bond donors (Lipinski definition) is 1. The zero-order chi connectivity index (χ0) is 15.7. The molecule has 1 aliphatic heterocycles. The molecule has 1 saturated heterocycles. The first-order valence-electron chi connectivity index (χ1n) is 7.80. The van der Waals surface area contributed by atoms with E-state index in [1.807, 2.05) is 36.6 Å². The summed E-state index contributed by atoms with van der Waals surface area (Å²) in [6.45, 7) is 6.14. The standard InChI is InChI=1S/C17H21ClN2O2/c1-3-20-15-7-6-12(18)9-14(15)11(2)16(20)17(21)19-10-13-5-4-8-22-13/h6-7,9,13H,3-5,8,10H2,1-2H3,(H,19,21). The smallest absolute Gasteiger partial charge is 0.268 e. The van der Waals surface area contributed by atoms with E-state index in [2.05, 4.69) is 5.32 Å². The summed E-state index contributed by atoms with van der Waals surface area (Å²) in [6, 6.07) is 5.77. The van der Waals surface area contributed by atoms with Crippen molar-refractivity contribution in [1.29, 1.82) is 0 Å². The van der Waals surface area contributed by atoms with E-state index < -0.39 is 0 Å². The fraction of sp³-hybridized carbons (Fsp3) is 0.471. The van der Waals surface area contributed by atoms with Gasteiger partial charge in [-0.25, -0.2) is 0 Å². The topological polar surface area (TPSA) is 43.3 Å². The Kier molecular flexibility index (Phi) is 4.41. The van der Waals surface area contributed by atoms with E-state index in [9.17, 15) is 4.79 Å². The maximum atomic E-state index is 12.6. The van der Waals surface area contributed by atoms with Crippen LogP contribution in [0.4, 0.5) is 0 Å². The van der Waals surface area contributed by atoms with Crippen LogP contribution >= 0.6 is 11.6 Å². The molecular weight excluding hydrogens is 300 g/mol. The number of nitrogens with one attached hydrogen (secondary N) is 1. The van der Waals surface area contributed by atoms with Gasteiger partial charge in [-0.05, 0) is 50.5 Å². The third-order valence-electron chi connectivity index (χ3n) is 4.32. The van der Waals surface area contributed by atoms with E-state index in [4.69, 9.17) is 16.3 Å². The number of aromatic nitrogens is 1. The normalized spacial score (nSPS) is 18.0. The van der Waals surface area contributed by atoms with Crippen molar-refractivity contribution in [3.63, 3.8) is 0 Å². The van der Waals surface area contributed by atoms with Crippen LogP contribution in [0, 0.1) is 6.92 Å². The van der Waals surface area contributed by atoms with Crippen LogP contribution in [0.3, 0.4) is 0 Å². The monoisotopic (exact) mass is 320 g/mol. The average molecular weight is 321 g/mol. The lowest BCUT2D eigenvalue weighted by molar-refractivity contribution is 0.0850. The molecule has 0 spiro atoms. The highest BCUT2D eigenvalue weighted by Crippen LogP contribution is 2.28. The predicted molar refractivity (Wildman–Crippen MR) is 88.7 cm³/mol. The Morgan fingerprint density at radius 2 is 2.32 bits per heavy atom. The number of carbonyl (C=O) groups excluding carboxylic acids is 1. The van der Waals surface area contributed by atoms with Gasteiger partial charge >= 0.3 is 0 Å². The number of hydrogen-bond acceptors (Lipinski definition) is 2. The van der Waals surface area contributed by atoms with Gasteiger partial charge in [0, 0.05) is 35.6 Å². The molecule has 1 aromatic carbocycles. The zero-order valence-electron chi connectivity index (χ0n) is 13.0. The summed E-state index contributed by atoms with van der Waals surface area (Å²) >= 11 is 6.10. The van der Waals surface area contributed by atoms with Gasteiger partial charge in [0.25, 0.3) is 5.91 Å². The summed E-state index contributed by atoms with van der Waals surface area (Å²) in [5, 5.41) is 4.74. The van der Waals surface area contributed by atoms with Crippen molar-refractivity contribution in [1.82, 2.24) is 9.88 Å². The molecular formula is C17H21ClN2O2. The average Bonchev–Trinajstić information content (AvgIpc) is 3.11. The summed E-state index contributed by atoms with van der Waals surface area (Å²) in [4.78, 5) is 12.6. The quantitative estimate of drug-likeness (QED) is 0.936. The van der Waals surface area contributed by atoms with Crippen LogP contribution in [-0.4, -0.2) is 29.7 Å². The first-order valence-corrected chi connectivity index (χ1v) is 8.17. The van der Waals surface area contributed by atoms with Crippen molar-refractivity contribution in [2.45, 2.75) is 39.3 Å². The predicted octanol–water partition coefficient (Wildman–Crippen LogP) is 3.53. The fourth-order valence-electron chi connectivity index (χ4n) is 3.21. The summed E-state index contributed by atoms with van der Waals surface area (Å²) in [5.41, 5.74) is 2.74. The van der Waals surface area contributed by atoms with Gasteiger partial charge in [-0.3, -0.25) is 4.79 Å². The van der Waals surface area contributed by atoms with E-state index >= 15 is 0 Å². The molecule has 4 nitrogen and oxygen atoms in total. The maximum Gasteiger partial charge on any atom is 0.268 e. The molecule has 2 aromatic rings. The van der Waals surface area contributed by atoms with Crippen LogP contribution in [0.15, 0.2) is 18.2 Å². The zero-order valence-corrected chi connectivity index (χ0v) is 13.7. The molecule has 1 amide bonds. The minimum atomic E-state index is -0.0397. The maximum absolute atomic E-state index is 12.6. The molecule has 1 aliphatic rings. The molecule has 0 aliphatic carbocycles. The summed E-state index contributed by atoms with van der Waals surface area (Å²) in [6.07, 6.45) is 2.25. The first kappa shape index (κ1) is 15.4. The Balaban J connectivity index is 1.91. The number of amides is 1. The number of nitrogens with zero attached hydrogens (tertiary/aromatic N) is 1. The lowest BCUT2D eigenvalue weighted by Gasteiger charge is -2.13. The van der Waals surface area contributed by atoms with Crippen LogP contribution in [0.25, 0.3) is 10.9 Å². The van der Waals surface area contributed by atoms with Crippen molar-refractivity contribution in [2.24, 2.45) is 0 Å². The number of aryl methyl sites for hydroxylation is 2. The van der Waals surface area contributed by atoms with Crippen LogP contribution in [0.2, 0.25) is 5.02 Å². The summed E-state index contributed by atoms with van der Waals surface area (Å²) in [5.74, 6) is -0.0397. The first-order chi connectivity index (χ1) is 10.6. The summed E-state index contributed by atoms with van der Waals surface area (Å²) in [7, 11) is 0. The molecule has 0 radical (unpaired) electrons. The van der Waals surface area contributed by atoms with Crippen LogP contribution in [0.1, 0.15) is 35.8 Å². The minimum absolute atomic E-state index is 0.0397. The third-order valence-corrected chi connectivity index (χ3v) is 4.56. The largest absolute Gasteiger partial charge is 0.376 e. The molecule has 1 N–H and O–H groups in total. The van der Waals surface area contributed by atoms with Gasteiger partial charge < -0.3 is 14.6 Å². The minimum Gasteiger partial charge on any atom is -0.376 e. The number of fused-ring (bicyclic) bond motifs is 1. The second-order valence-electron chi connectivity index (χ2n) is 5.72. The Bertz CT molecular complexity index is 702. The van der Waals surface area contributed by atoms with Gasteiger partial charge in [-0.1, -0.05) is 11.6 Å². The van der Waals surface area contributed by atoms with Crippen molar-refractivity contribution in [3.05, 3.63) is 34.5 Å². The molecule has 1 aromatic heterocycles. The Morgan fingerprint density at radius 3 is 3.00 bits per heavy atom. The molecule has 0 bridgehead atoms. The number of carbonyl (C=O) groups is 1. The van der Waals surface area contributed by atoms with Gasteiger partial charge in [0.1, 0.15) is 5.69 Å². The second kappa shape index (κ2) is 6.31. The lowest BCUT2D eigenvalue weighted by atomic mass is 10.1. The molecule has 1 unspecified atom stereocenters. The Labute approximate surface area is 135 Å².